The van der Waals surface area contributed by atoms with E-state index < -0.39 is 0 Å². The van der Waals surface area contributed by atoms with Gasteiger partial charge in [-0.15, -0.1) is 5.10 Å². The second kappa shape index (κ2) is 5.22. The molecule has 0 aliphatic rings. The van der Waals surface area contributed by atoms with Crippen LogP contribution in [0, 0.1) is 6.92 Å². The van der Waals surface area contributed by atoms with E-state index in [1.807, 2.05) is 39.0 Å². The third-order valence-electron chi connectivity index (χ3n) is 2.95. The van der Waals surface area contributed by atoms with Crippen molar-refractivity contribution >= 4 is 6.29 Å². The molecular formula is C14H17N3O2. The zero-order chi connectivity index (χ0) is 14.0. The molecule has 0 spiro atoms. The summed E-state index contributed by atoms with van der Waals surface area (Å²) >= 11 is 0. The van der Waals surface area contributed by atoms with Gasteiger partial charge in [0.15, 0.2) is 6.29 Å². The van der Waals surface area contributed by atoms with Gasteiger partial charge in [-0.2, -0.15) is 0 Å². The van der Waals surface area contributed by atoms with Crippen molar-refractivity contribution in [3.8, 4) is 11.4 Å². The Morgan fingerprint density at radius 2 is 2.11 bits per heavy atom. The number of aryl methyl sites for hydroxylation is 1. The number of hydrogen-bond donors (Lipinski definition) is 0. The largest absolute Gasteiger partial charge is 0.494 e. The summed E-state index contributed by atoms with van der Waals surface area (Å²) in [6, 6.07) is 5.82. The molecule has 0 atom stereocenters. The van der Waals surface area contributed by atoms with Crippen LogP contribution in [-0.2, 0) is 0 Å². The third-order valence-corrected chi connectivity index (χ3v) is 2.95. The molecular weight excluding hydrogens is 242 g/mol. The van der Waals surface area contributed by atoms with Crippen molar-refractivity contribution in [2.75, 3.05) is 7.11 Å². The number of aldehydes is 1. The van der Waals surface area contributed by atoms with Crippen LogP contribution in [0.2, 0.25) is 0 Å². The average Bonchev–Trinajstić information content (AvgIpc) is 2.82. The Balaban J connectivity index is 2.68. The van der Waals surface area contributed by atoms with Crippen molar-refractivity contribution in [2.24, 2.45) is 0 Å². The summed E-state index contributed by atoms with van der Waals surface area (Å²) in [6.45, 7) is 6.00. The number of ether oxygens (including phenoxy) is 1. The van der Waals surface area contributed by atoms with Crippen LogP contribution in [0.3, 0.4) is 0 Å². The van der Waals surface area contributed by atoms with Crippen molar-refractivity contribution < 1.29 is 9.53 Å². The molecule has 0 aliphatic heterocycles. The molecule has 0 bridgehead atoms. The number of benzene rings is 1. The number of aromatic nitrogens is 3. The molecule has 100 valence electrons. The summed E-state index contributed by atoms with van der Waals surface area (Å²) < 4.78 is 7.04. The average molecular weight is 259 g/mol. The van der Waals surface area contributed by atoms with Gasteiger partial charge in [-0.25, -0.2) is 4.68 Å². The first-order valence-corrected chi connectivity index (χ1v) is 6.14. The molecule has 0 amide bonds. The van der Waals surface area contributed by atoms with Gasteiger partial charge in [-0.3, -0.25) is 4.79 Å². The molecule has 2 aromatic rings. The molecule has 0 saturated carbocycles. The van der Waals surface area contributed by atoms with E-state index >= 15 is 0 Å². The maximum atomic E-state index is 11.1. The van der Waals surface area contributed by atoms with Gasteiger partial charge in [-0.1, -0.05) is 25.1 Å². The second-order valence-corrected chi connectivity index (χ2v) is 4.72. The highest BCUT2D eigenvalue weighted by Gasteiger charge is 2.19. The standard InChI is InChI=1S/C14H17N3O2/c1-9(2)14-11(8-18)15-16-17(14)12-7-10(3)5-6-13(12)19-4/h5-9H,1-4H3. The predicted octanol–water partition coefficient (Wildman–Crippen LogP) is 2.52. The fraction of sp³-hybridized carbons (Fsp3) is 0.357. The second-order valence-electron chi connectivity index (χ2n) is 4.72. The first-order chi connectivity index (χ1) is 9.08. The zero-order valence-corrected chi connectivity index (χ0v) is 11.5. The van der Waals surface area contributed by atoms with Gasteiger partial charge in [0.2, 0.25) is 0 Å². The fourth-order valence-corrected chi connectivity index (χ4v) is 2.07. The highest BCUT2D eigenvalue weighted by Crippen LogP contribution is 2.27. The van der Waals surface area contributed by atoms with E-state index in [9.17, 15) is 4.79 Å². The lowest BCUT2D eigenvalue weighted by molar-refractivity contribution is 0.111. The van der Waals surface area contributed by atoms with E-state index in [0.717, 1.165) is 23.2 Å². The van der Waals surface area contributed by atoms with Crippen molar-refractivity contribution in [2.45, 2.75) is 26.7 Å². The van der Waals surface area contributed by atoms with E-state index in [-0.39, 0.29) is 5.92 Å². The molecule has 1 aromatic carbocycles. The molecule has 0 unspecified atom stereocenters. The number of rotatable bonds is 4. The SMILES string of the molecule is COc1ccc(C)cc1-n1nnc(C=O)c1C(C)C. The van der Waals surface area contributed by atoms with Gasteiger partial charge in [0, 0.05) is 0 Å². The van der Waals surface area contributed by atoms with Gasteiger partial charge in [-0.05, 0) is 30.5 Å². The van der Waals surface area contributed by atoms with Crippen molar-refractivity contribution in [1.82, 2.24) is 15.0 Å². The Bertz CT molecular complexity index is 603. The molecule has 2 rings (SSSR count). The topological polar surface area (TPSA) is 57.0 Å². The lowest BCUT2D eigenvalue weighted by Gasteiger charge is -2.13. The fourth-order valence-electron chi connectivity index (χ4n) is 2.07. The lowest BCUT2D eigenvalue weighted by atomic mass is 10.1. The summed E-state index contributed by atoms with van der Waals surface area (Å²) in [4.78, 5) is 11.1. The summed E-state index contributed by atoms with van der Waals surface area (Å²) in [5.41, 5.74) is 3.05. The minimum atomic E-state index is 0.139. The van der Waals surface area contributed by atoms with Crippen LogP contribution in [0.5, 0.6) is 5.75 Å². The summed E-state index contributed by atoms with van der Waals surface area (Å²) in [6.07, 6.45) is 0.737. The summed E-state index contributed by atoms with van der Waals surface area (Å²) in [7, 11) is 1.61. The zero-order valence-electron chi connectivity index (χ0n) is 11.5. The molecule has 1 heterocycles. The van der Waals surface area contributed by atoms with E-state index in [1.165, 1.54) is 0 Å². The van der Waals surface area contributed by atoms with Gasteiger partial charge in [0.05, 0.1) is 12.8 Å². The van der Waals surface area contributed by atoms with Crippen LogP contribution in [-0.4, -0.2) is 28.4 Å². The third kappa shape index (κ3) is 2.36. The minimum Gasteiger partial charge on any atom is -0.494 e. The Morgan fingerprint density at radius 3 is 2.68 bits per heavy atom. The molecule has 5 nitrogen and oxygen atoms in total. The van der Waals surface area contributed by atoms with Crippen LogP contribution in [0.4, 0.5) is 0 Å². The predicted molar refractivity (Wildman–Crippen MR) is 72.1 cm³/mol. The number of carbonyl (C=O) groups excluding carboxylic acids is 1. The smallest absolute Gasteiger partial charge is 0.172 e. The Morgan fingerprint density at radius 1 is 1.37 bits per heavy atom. The molecule has 0 fully saturated rings. The lowest BCUT2D eigenvalue weighted by Crippen LogP contribution is -2.07. The molecule has 0 aliphatic carbocycles. The Kier molecular flexibility index (Phi) is 3.64. The monoisotopic (exact) mass is 259 g/mol. The first kappa shape index (κ1) is 13.3. The normalized spacial score (nSPS) is 10.8. The molecule has 0 saturated heterocycles. The van der Waals surface area contributed by atoms with Gasteiger partial charge < -0.3 is 4.74 Å². The Labute approximate surface area is 112 Å². The molecule has 0 N–H and O–H groups in total. The van der Waals surface area contributed by atoms with Crippen LogP contribution in [0.1, 0.15) is 41.5 Å². The number of methoxy groups -OCH3 is 1. The van der Waals surface area contributed by atoms with Crippen LogP contribution in [0.25, 0.3) is 5.69 Å². The molecule has 1 aromatic heterocycles. The van der Waals surface area contributed by atoms with E-state index in [2.05, 4.69) is 10.3 Å². The highest BCUT2D eigenvalue weighted by atomic mass is 16.5. The van der Waals surface area contributed by atoms with Gasteiger partial charge in [0.1, 0.15) is 17.1 Å². The van der Waals surface area contributed by atoms with Gasteiger partial charge in [0.25, 0.3) is 0 Å². The van der Waals surface area contributed by atoms with E-state index in [1.54, 1.807) is 11.8 Å². The molecule has 5 heteroatoms. The van der Waals surface area contributed by atoms with Gasteiger partial charge >= 0.3 is 0 Å². The first-order valence-electron chi connectivity index (χ1n) is 6.14. The van der Waals surface area contributed by atoms with Crippen molar-refractivity contribution in [3.05, 3.63) is 35.2 Å². The summed E-state index contributed by atoms with van der Waals surface area (Å²) in [5.74, 6) is 0.843. The quantitative estimate of drug-likeness (QED) is 0.792. The van der Waals surface area contributed by atoms with Crippen molar-refractivity contribution in [1.29, 1.82) is 0 Å². The number of nitrogens with zero attached hydrogens (tertiary/aromatic N) is 3. The van der Waals surface area contributed by atoms with Crippen LogP contribution < -0.4 is 4.74 Å². The van der Waals surface area contributed by atoms with Crippen LogP contribution in [0.15, 0.2) is 18.2 Å². The maximum Gasteiger partial charge on any atom is 0.172 e. The maximum absolute atomic E-state index is 11.1. The summed E-state index contributed by atoms with van der Waals surface area (Å²) in [5, 5.41) is 8.01. The van der Waals surface area contributed by atoms with E-state index in [4.69, 9.17) is 4.74 Å². The minimum absolute atomic E-state index is 0.139. The van der Waals surface area contributed by atoms with Crippen molar-refractivity contribution in [3.63, 3.8) is 0 Å². The molecule has 19 heavy (non-hydrogen) atoms. The highest BCUT2D eigenvalue weighted by molar-refractivity contribution is 5.74. The Hall–Kier alpha value is -2.17. The molecule has 0 radical (unpaired) electrons. The number of hydrogen-bond acceptors (Lipinski definition) is 4. The van der Waals surface area contributed by atoms with E-state index in [0.29, 0.717) is 11.4 Å². The number of carbonyl (C=O) groups is 1. The van der Waals surface area contributed by atoms with Crippen LogP contribution >= 0.6 is 0 Å².